The van der Waals surface area contributed by atoms with Crippen molar-refractivity contribution in [1.82, 2.24) is 0 Å². The minimum Gasteiger partial charge on any atom is -0.763 e. The highest BCUT2D eigenvalue weighted by molar-refractivity contribution is 8.01. The Morgan fingerprint density at radius 2 is 1.27 bits per heavy atom. The molecule has 7 nitrogen and oxygen atoms in total. The number of carbonyl (C=O) groups excluding carboxylic acids is 2. The number of phenols is 1. The summed E-state index contributed by atoms with van der Waals surface area (Å²) < 4.78 is 18.0. The summed E-state index contributed by atoms with van der Waals surface area (Å²) in [6.07, 6.45) is 0. The van der Waals surface area contributed by atoms with Crippen LogP contribution in [-0.4, -0.2) is 35.9 Å². The van der Waals surface area contributed by atoms with Crippen LogP contribution in [0.25, 0.3) is 11.0 Å². The number of nitrogens with zero attached hydrogens (tertiary/aromatic N) is 1. The SMILES string of the molecule is CCOC(=O)c1c(C(=C=[N-])C(=O)c2ccccc2O)oc(OCC)c1[P+](c1ccccc1)(c1ccccc1)c1ccccc1. The van der Waals surface area contributed by atoms with Crippen LogP contribution in [0.5, 0.6) is 11.7 Å². The number of para-hydroxylation sites is 1. The number of carbonyl (C=O) groups is 2. The molecule has 1 N–H and O–H groups in total. The van der Waals surface area contributed by atoms with Crippen LogP contribution < -0.4 is 26.0 Å². The minimum absolute atomic E-state index is 0.00767. The molecule has 44 heavy (non-hydrogen) atoms. The van der Waals surface area contributed by atoms with Gasteiger partial charge in [-0.15, -0.1) is 0 Å². The predicted molar refractivity (Wildman–Crippen MR) is 175 cm³/mol. The van der Waals surface area contributed by atoms with Crippen LogP contribution in [-0.2, 0) is 4.74 Å². The topological polar surface area (TPSA) is 108 Å². The highest BCUT2D eigenvalue weighted by atomic mass is 31.2. The molecule has 1 aromatic heterocycles. The summed E-state index contributed by atoms with van der Waals surface area (Å²) in [5, 5.41) is 23.9. The van der Waals surface area contributed by atoms with E-state index in [1.54, 1.807) is 26.0 Å². The van der Waals surface area contributed by atoms with Crippen molar-refractivity contribution in [1.29, 1.82) is 0 Å². The van der Waals surface area contributed by atoms with E-state index in [-0.39, 0.29) is 41.8 Å². The second-order valence-corrected chi connectivity index (χ2v) is 12.9. The average molecular weight is 604 g/mol. The fourth-order valence-corrected chi connectivity index (χ4v) is 9.74. The third kappa shape index (κ3) is 5.35. The number of Topliss-reactive ketones (excluding diaryl/α,β-unsaturated/α-hetero) is 1. The van der Waals surface area contributed by atoms with Crippen molar-refractivity contribution in [2.45, 2.75) is 13.8 Å². The maximum atomic E-state index is 14.1. The zero-order valence-electron chi connectivity index (χ0n) is 24.3. The first-order valence-corrected chi connectivity index (χ1v) is 15.9. The molecule has 1 heterocycles. The predicted octanol–water partition coefficient (Wildman–Crippen LogP) is 5.69. The summed E-state index contributed by atoms with van der Waals surface area (Å²) >= 11 is 0. The number of furan rings is 1. The molecular weight excluding hydrogens is 573 g/mol. The third-order valence-corrected chi connectivity index (χ3v) is 11.4. The number of hydrogen-bond acceptors (Lipinski definition) is 6. The zero-order chi connectivity index (χ0) is 31.1. The molecule has 0 radical (unpaired) electrons. The van der Waals surface area contributed by atoms with Crippen molar-refractivity contribution in [3.8, 4) is 11.7 Å². The van der Waals surface area contributed by atoms with Crippen molar-refractivity contribution in [3.05, 3.63) is 138 Å². The van der Waals surface area contributed by atoms with Gasteiger partial charge < -0.3 is 24.4 Å². The molecule has 5 rings (SSSR count). The average Bonchev–Trinajstić information content (AvgIpc) is 3.42. The number of esters is 1. The first-order chi connectivity index (χ1) is 21.5. The van der Waals surface area contributed by atoms with Crippen molar-refractivity contribution in [2.75, 3.05) is 13.2 Å². The summed E-state index contributed by atoms with van der Waals surface area (Å²) in [7, 11) is -3.03. The van der Waals surface area contributed by atoms with E-state index in [1.165, 1.54) is 12.1 Å². The van der Waals surface area contributed by atoms with Crippen LogP contribution >= 0.6 is 7.26 Å². The molecule has 0 unspecified atom stereocenters. The fraction of sp³-hybridized carbons (Fsp3) is 0.111. The van der Waals surface area contributed by atoms with Gasteiger partial charge in [-0.2, -0.15) is 0 Å². The Balaban J connectivity index is 1.97. The molecule has 4 aromatic carbocycles. The van der Waals surface area contributed by atoms with E-state index < -0.39 is 24.6 Å². The number of benzene rings is 4. The lowest BCUT2D eigenvalue weighted by Crippen LogP contribution is -2.41. The molecule has 0 saturated carbocycles. The molecule has 0 bridgehead atoms. The van der Waals surface area contributed by atoms with Crippen molar-refractivity contribution < 1.29 is 28.6 Å². The molecule has 0 amide bonds. The number of ketones is 1. The Morgan fingerprint density at radius 3 is 1.73 bits per heavy atom. The van der Waals surface area contributed by atoms with E-state index in [2.05, 4.69) is 0 Å². The smallest absolute Gasteiger partial charge is 0.346 e. The molecule has 0 aliphatic carbocycles. The van der Waals surface area contributed by atoms with Gasteiger partial charge in [0.25, 0.3) is 0 Å². The second kappa shape index (κ2) is 13.4. The molecule has 0 saturated heterocycles. The van der Waals surface area contributed by atoms with Crippen LogP contribution in [0.3, 0.4) is 0 Å². The van der Waals surface area contributed by atoms with Crippen molar-refractivity contribution in [3.63, 3.8) is 0 Å². The molecule has 220 valence electrons. The van der Waals surface area contributed by atoms with Crippen LogP contribution in [0.2, 0.25) is 0 Å². The number of hydrogen-bond donors (Lipinski definition) is 1. The first-order valence-electron chi connectivity index (χ1n) is 14.1. The normalized spacial score (nSPS) is 11.0. The second-order valence-electron chi connectivity index (χ2n) is 9.61. The highest BCUT2D eigenvalue weighted by Gasteiger charge is 2.56. The van der Waals surface area contributed by atoms with Crippen molar-refractivity contribution >= 4 is 51.7 Å². The highest BCUT2D eigenvalue weighted by Crippen LogP contribution is 2.58. The summed E-state index contributed by atoms with van der Waals surface area (Å²) in [5.41, 5.74) is -0.639. The Labute approximate surface area is 256 Å². The molecule has 0 atom stereocenters. The lowest BCUT2D eigenvalue weighted by atomic mass is 9.99. The van der Waals surface area contributed by atoms with Gasteiger partial charge in [-0.1, -0.05) is 66.7 Å². The third-order valence-electron chi connectivity index (χ3n) is 7.09. The fourth-order valence-electron chi connectivity index (χ4n) is 5.30. The van der Waals surface area contributed by atoms with Crippen LogP contribution in [0.4, 0.5) is 0 Å². The summed E-state index contributed by atoms with van der Waals surface area (Å²) in [6.45, 7) is 3.67. The Morgan fingerprint density at radius 1 is 0.773 bits per heavy atom. The summed E-state index contributed by atoms with van der Waals surface area (Å²) in [6, 6.07) is 35.2. The van der Waals surface area contributed by atoms with E-state index in [0.29, 0.717) is 5.30 Å². The van der Waals surface area contributed by atoms with E-state index in [1.807, 2.05) is 96.9 Å². The van der Waals surface area contributed by atoms with E-state index in [0.717, 1.165) is 15.9 Å². The summed E-state index contributed by atoms with van der Waals surface area (Å²) in [5.74, 6) is -0.195. The van der Waals surface area contributed by atoms with Gasteiger partial charge in [-0.3, -0.25) is 10.7 Å². The number of allylic oxidation sites excluding steroid dienone is 1. The first kappa shape index (κ1) is 30.2. The maximum Gasteiger partial charge on any atom is 0.346 e. The van der Waals surface area contributed by atoms with Gasteiger partial charge in [0.05, 0.1) is 24.4 Å². The van der Waals surface area contributed by atoms with Gasteiger partial charge in [-0.25, -0.2) is 4.79 Å². The van der Waals surface area contributed by atoms with Gasteiger partial charge in [0.2, 0.25) is 11.1 Å². The molecular formula is C36H30NO6P. The summed E-state index contributed by atoms with van der Waals surface area (Å²) in [4.78, 5) is 27.9. The van der Waals surface area contributed by atoms with Crippen LogP contribution in [0.15, 0.2) is 120 Å². The number of ether oxygens (including phenoxy) is 2. The quantitative estimate of drug-likeness (QED) is 0.0684. The standard InChI is InChI=1S/C36H30NO6P/c1-3-41-35(40)31-33(29(24-37)32(39)28-22-14-15-23-30(28)38)43-36(42-4-2)34(31)44(25-16-8-5-9-17-25,26-18-10-6-11-19-26)27-20-12-7-13-21-27/h5-23,38H,3-4H2,1-2H3. The van der Waals surface area contributed by atoms with Crippen LogP contribution in [0, 0.1) is 0 Å². The number of aromatic hydroxyl groups is 1. The lowest BCUT2D eigenvalue weighted by molar-refractivity contribution is 0.0526. The Kier molecular flexibility index (Phi) is 9.20. The number of rotatable bonds is 11. The van der Waals surface area contributed by atoms with Gasteiger partial charge in [0, 0.05) is 0 Å². The molecule has 0 spiro atoms. The Bertz CT molecular complexity index is 1730. The minimum atomic E-state index is -3.03. The molecule has 5 aromatic rings. The lowest BCUT2D eigenvalue weighted by Gasteiger charge is -2.27. The molecule has 0 aliphatic heterocycles. The molecule has 8 heteroatoms. The van der Waals surface area contributed by atoms with Crippen LogP contribution in [0.1, 0.15) is 40.3 Å². The van der Waals surface area contributed by atoms with Gasteiger partial charge in [0.1, 0.15) is 21.7 Å². The zero-order valence-corrected chi connectivity index (χ0v) is 25.2. The molecule has 0 aliphatic rings. The van der Waals surface area contributed by atoms with E-state index >= 15 is 0 Å². The Hall–Kier alpha value is -5.22. The van der Waals surface area contributed by atoms with Crippen molar-refractivity contribution in [2.24, 2.45) is 0 Å². The largest absolute Gasteiger partial charge is 0.763 e. The monoisotopic (exact) mass is 603 g/mol. The molecule has 0 fully saturated rings. The van der Waals surface area contributed by atoms with E-state index in [4.69, 9.17) is 13.9 Å². The number of phenolic OH excluding ortho intramolecular Hbond substituents is 1. The van der Waals surface area contributed by atoms with Gasteiger partial charge >= 0.3 is 11.9 Å². The van der Waals surface area contributed by atoms with Gasteiger partial charge in [0.15, 0.2) is 18.6 Å². The maximum absolute atomic E-state index is 14.1. The van der Waals surface area contributed by atoms with Gasteiger partial charge in [-0.05, 0) is 62.4 Å². The van der Waals surface area contributed by atoms with E-state index in [9.17, 15) is 20.1 Å².